The molecule has 2 aromatic carbocycles. The van der Waals surface area contributed by atoms with E-state index in [1.165, 1.54) is 0 Å². The van der Waals surface area contributed by atoms with E-state index in [2.05, 4.69) is 15.3 Å². The summed E-state index contributed by atoms with van der Waals surface area (Å²) in [5.74, 6) is 1.36. The predicted molar refractivity (Wildman–Crippen MR) is 106 cm³/mol. The van der Waals surface area contributed by atoms with Crippen LogP contribution in [-0.2, 0) is 6.42 Å². The van der Waals surface area contributed by atoms with Crippen molar-refractivity contribution in [1.29, 1.82) is 0 Å². The van der Waals surface area contributed by atoms with Crippen LogP contribution in [0.15, 0.2) is 67.0 Å². The average molecular weight is 361 g/mol. The quantitative estimate of drug-likeness (QED) is 0.693. The molecule has 1 amide bonds. The van der Waals surface area contributed by atoms with E-state index in [4.69, 9.17) is 4.74 Å². The standard InChI is InChI=1S/C22H23N3O2/c1-16(2)27-20-10-8-19(9-11-20)22(26)23-13-12-17-14-24-21(25-15-17)18-6-4-3-5-7-18/h3-11,14-16H,12-13H2,1-2H3,(H,23,26). The maximum Gasteiger partial charge on any atom is 0.251 e. The summed E-state index contributed by atoms with van der Waals surface area (Å²) in [4.78, 5) is 21.0. The summed E-state index contributed by atoms with van der Waals surface area (Å²) in [6.45, 7) is 4.46. The molecule has 1 heterocycles. The third-order valence-electron chi connectivity index (χ3n) is 3.92. The van der Waals surface area contributed by atoms with Gasteiger partial charge in [0.05, 0.1) is 6.10 Å². The van der Waals surface area contributed by atoms with Gasteiger partial charge in [-0.2, -0.15) is 0 Å². The first-order valence-corrected chi connectivity index (χ1v) is 9.03. The van der Waals surface area contributed by atoms with Crippen LogP contribution < -0.4 is 10.1 Å². The number of nitrogens with zero attached hydrogens (tertiary/aromatic N) is 2. The van der Waals surface area contributed by atoms with Crippen LogP contribution in [0.25, 0.3) is 11.4 Å². The Balaban J connectivity index is 1.50. The Morgan fingerprint density at radius 1 is 1.00 bits per heavy atom. The topological polar surface area (TPSA) is 64.1 Å². The fourth-order valence-corrected chi connectivity index (χ4v) is 2.60. The van der Waals surface area contributed by atoms with E-state index < -0.39 is 0 Å². The normalized spacial score (nSPS) is 10.6. The van der Waals surface area contributed by atoms with Gasteiger partial charge in [-0.3, -0.25) is 4.79 Å². The van der Waals surface area contributed by atoms with Crippen molar-refractivity contribution in [2.75, 3.05) is 6.54 Å². The minimum absolute atomic E-state index is 0.104. The predicted octanol–water partition coefficient (Wildman–Crippen LogP) is 3.90. The molecule has 0 saturated carbocycles. The summed E-state index contributed by atoms with van der Waals surface area (Å²) in [6, 6.07) is 17.0. The Morgan fingerprint density at radius 2 is 1.67 bits per heavy atom. The molecule has 3 rings (SSSR count). The molecule has 0 aliphatic carbocycles. The van der Waals surface area contributed by atoms with Crippen molar-refractivity contribution in [3.8, 4) is 17.1 Å². The van der Waals surface area contributed by atoms with Gasteiger partial charge in [0.15, 0.2) is 5.82 Å². The lowest BCUT2D eigenvalue weighted by molar-refractivity contribution is 0.0954. The molecule has 0 unspecified atom stereocenters. The Hall–Kier alpha value is -3.21. The summed E-state index contributed by atoms with van der Waals surface area (Å²) in [5.41, 5.74) is 2.58. The molecular weight excluding hydrogens is 338 g/mol. The van der Waals surface area contributed by atoms with Gasteiger partial charge in [0.2, 0.25) is 0 Å². The second kappa shape index (κ2) is 8.94. The number of benzene rings is 2. The average Bonchev–Trinajstić information content (AvgIpc) is 2.69. The summed E-state index contributed by atoms with van der Waals surface area (Å²) >= 11 is 0. The number of hydrogen-bond acceptors (Lipinski definition) is 4. The summed E-state index contributed by atoms with van der Waals surface area (Å²) in [5, 5.41) is 2.92. The number of hydrogen-bond donors (Lipinski definition) is 1. The van der Waals surface area contributed by atoms with Crippen molar-refractivity contribution in [2.45, 2.75) is 26.4 Å². The second-order valence-corrected chi connectivity index (χ2v) is 6.48. The minimum Gasteiger partial charge on any atom is -0.491 e. The highest BCUT2D eigenvalue weighted by Gasteiger charge is 2.06. The Morgan fingerprint density at radius 3 is 2.30 bits per heavy atom. The van der Waals surface area contributed by atoms with Gasteiger partial charge < -0.3 is 10.1 Å². The van der Waals surface area contributed by atoms with E-state index in [1.807, 2.05) is 56.3 Å². The van der Waals surface area contributed by atoms with Gasteiger partial charge in [0.1, 0.15) is 5.75 Å². The van der Waals surface area contributed by atoms with Crippen molar-refractivity contribution in [3.05, 3.63) is 78.1 Å². The third kappa shape index (κ3) is 5.38. The minimum atomic E-state index is -0.104. The van der Waals surface area contributed by atoms with Gasteiger partial charge in [0, 0.05) is 30.1 Å². The number of ether oxygens (including phenoxy) is 1. The van der Waals surface area contributed by atoms with Gasteiger partial charge >= 0.3 is 0 Å². The molecule has 1 N–H and O–H groups in total. The van der Waals surface area contributed by atoms with Crippen LogP contribution >= 0.6 is 0 Å². The summed E-state index contributed by atoms with van der Waals surface area (Å²) in [7, 11) is 0. The Labute approximate surface area is 159 Å². The zero-order valence-corrected chi connectivity index (χ0v) is 15.6. The number of carbonyl (C=O) groups excluding carboxylic acids is 1. The van der Waals surface area contributed by atoms with Crippen molar-refractivity contribution in [2.24, 2.45) is 0 Å². The van der Waals surface area contributed by atoms with Crippen LogP contribution in [0.3, 0.4) is 0 Å². The molecule has 3 aromatic rings. The number of amides is 1. The molecule has 0 aliphatic heterocycles. The number of nitrogens with one attached hydrogen (secondary N) is 1. The van der Waals surface area contributed by atoms with Crippen molar-refractivity contribution in [3.63, 3.8) is 0 Å². The van der Waals surface area contributed by atoms with E-state index in [-0.39, 0.29) is 12.0 Å². The van der Waals surface area contributed by atoms with E-state index in [0.29, 0.717) is 24.4 Å². The molecule has 27 heavy (non-hydrogen) atoms. The highest BCUT2D eigenvalue weighted by molar-refractivity contribution is 5.94. The second-order valence-electron chi connectivity index (χ2n) is 6.48. The summed E-state index contributed by atoms with van der Waals surface area (Å²) < 4.78 is 5.58. The first-order valence-electron chi connectivity index (χ1n) is 9.03. The van der Waals surface area contributed by atoms with Gasteiger partial charge in [-0.05, 0) is 50.1 Å². The monoisotopic (exact) mass is 361 g/mol. The maximum atomic E-state index is 12.2. The highest BCUT2D eigenvalue weighted by atomic mass is 16.5. The highest BCUT2D eigenvalue weighted by Crippen LogP contribution is 2.14. The lowest BCUT2D eigenvalue weighted by atomic mass is 10.2. The first kappa shape index (κ1) is 18.6. The van der Waals surface area contributed by atoms with E-state index in [1.54, 1.807) is 24.5 Å². The van der Waals surface area contributed by atoms with Crippen molar-refractivity contribution < 1.29 is 9.53 Å². The molecule has 0 saturated heterocycles. The van der Waals surface area contributed by atoms with E-state index in [9.17, 15) is 4.79 Å². The van der Waals surface area contributed by atoms with E-state index in [0.717, 1.165) is 16.9 Å². The summed E-state index contributed by atoms with van der Waals surface area (Å²) in [6.07, 6.45) is 4.40. The van der Waals surface area contributed by atoms with Gasteiger partial charge in [-0.25, -0.2) is 9.97 Å². The van der Waals surface area contributed by atoms with Crippen LogP contribution in [0.1, 0.15) is 29.8 Å². The van der Waals surface area contributed by atoms with Crippen LogP contribution in [0.5, 0.6) is 5.75 Å². The van der Waals surface area contributed by atoms with Crippen LogP contribution in [0.4, 0.5) is 0 Å². The largest absolute Gasteiger partial charge is 0.491 e. The molecule has 0 radical (unpaired) electrons. The Bertz CT molecular complexity index is 860. The molecule has 0 spiro atoms. The van der Waals surface area contributed by atoms with Crippen LogP contribution in [0.2, 0.25) is 0 Å². The van der Waals surface area contributed by atoms with Gasteiger partial charge in [0.25, 0.3) is 5.91 Å². The number of aromatic nitrogens is 2. The fraction of sp³-hybridized carbons (Fsp3) is 0.227. The lowest BCUT2D eigenvalue weighted by Crippen LogP contribution is -2.25. The first-order chi connectivity index (χ1) is 13.1. The fourth-order valence-electron chi connectivity index (χ4n) is 2.60. The Kier molecular flexibility index (Phi) is 6.15. The molecule has 1 aromatic heterocycles. The zero-order valence-electron chi connectivity index (χ0n) is 15.6. The van der Waals surface area contributed by atoms with E-state index >= 15 is 0 Å². The molecule has 0 fully saturated rings. The molecule has 138 valence electrons. The number of rotatable bonds is 7. The van der Waals surface area contributed by atoms with Gasteiger partial charge in [-0.1, -0.05) is 30.3 Å². The molecule has 0 aliphatic rings. The van der Waals surface area contributed by atoms with Crippen LogP contribution in [0, 0.1) is 0 Å². The molecule has 0 bridgehead atoms. The molecule has 5 heteroatoms. The lowest BCUT2D eigenvalue weighted by Gasteiger charge is -2.10. The third-order valence-corrected chi connectivity index (χ3v) is 3.92. The van der Waals surface area contributed by atoms with Gasteiger partial charge in [-0.15, -0.1) is 0 Å². The molecular formula is C22H23N3O2. The maximum absolute atomic E-state index is 12.2. The van der Waals surface area contributed by atoms with Crippen molar-refractivity contribution >= 4 is 5.91 Å². The SMILES string of the molecule is CC(C)Oc1ccc(C(=O)NCCc2cnc(-c3ccccc3)nc2)cc1. The van der Waals surface area contributed by atoms with Crippen molar-refractivity contribution in [1.82, 2.24) is 15.3 Å². The zero-order chi connectivity index (χ0) is 19.1. The van der Waals surface area contributed by atoms with Crippen LogP contribution in [-0.4, -0.2) is 28.5 Å². The molecule has 0 atom stereocenters. The number of carbonyl (C=O) groups is 1. The smallest absolute Gasteiger partial charge is 0.251 e. The molecule has 5 nitrogen and oxygen atoms in total.